The van der Waals surface area contributed by atoms with Gasteiger partial charge in [-0.05, 0) is 19.6 Å². The minimum absolute atomic E-state index is 0.946. The van der Waals surface area contributed by atoms with Crippen LogP contribution >= 0.6 is 0 Å². The Kier molecular flexibility index (Phi) is 6.07. The highest BCUT2D eigenvalue weighted by atomic mass is 14.9. The lowest BCUT2D eigenvalue weighted by molar-refractivity contribution is 0.960. The molecule has 0 heterocycles. The zero-order valence-corrected chi connectivity index (χ0v) is 8.22. The summed E-state index contributed by atoms with van der Waals surface area (Å²) >= 11 is 0. The van der Waals surface area contributed by atoms with Crippen LogP contribution in [0.2, 0.25) is 0 Å². The SMILES string of the molecule is C=NC(=C/CC)/C(=C\CC)NC. The van der Waals surface area contributed by atoms with Crippen molar-refractivity contribution in [2.24, 2.45) is 4.99 Å². The molecule has 0 aromatic carbocycles. The van der Waals surface area contributed by atoms with Gasteiger partial charge < -0.3 is 5.32 Å². The summed E-state index contributed by atoms with van der Waals surface area (Å²) in [6.45, 7) is 7.72. The third-order valence-electron chi connectivity index (χ3n) is 1.52. The van der Waals surface area contributed by atoms with E-state index < -0.39 is 0 Å². The molecule has 68 valence electrons. The first kappa shape index (κ1) is 11.0. The lowest BCUT2D eigenvalue weighted by Gasteiger charge is -2.06. The molecule has 2 nitrogen and oxygen atoms in total. The van der Waals surface area contributed by atoms with E-state index in [1.807, 2.05) is 7.05 Å². The Hall–Kier alpha value is -1.05. The zero-order valence-electron chi connectivity index (χ0n) is 8.22. The van der Waals surface area contributed by atoms with Gasteiger partial charge in [-0.15, -0.1) is 0 Å². The van der Waals surface area contributed by atoms with Gasteiger partial charge in [-0.1, -0.05) is 26.0 Å². The van der Waals surface area contributed by atoms with Crippen LogP contribution in [0.15, 0.2) is 28.5 Å². The molecule has 0 rings (SSSR count). The molecule has 0 saturated carbocycles. The van der Waals surface area contributed by atoms with Crippen LogP contribution in [0.1, 0.15) is 26.7 Å². The van der Waals surface area contributed by atoms with E-state index in [4.69, 9.17) is 0 Å². The molecule has 0 aliphatic heterocycles. The summed E-state index contributed by atoms with van der Waals surface area (Å²) in [6, 6.07) is 0. The number of nitrogens with one attached hydrogen (secondary N) is 1. The first-order chi connectivity index (χ1) is 5.79. The summed E-state index contributed by atoms with van der Waals surface area (Å²) < 4.78 is 0. The molecule has 0 spiro atoms. The van der Waals surface area contributed by atoms with Crippen LogP contribution in [0.4, 0.5) is 0 Å². The molecular formula is C10H18N2. The molecule has 0 aliphatic rings. The Morgan fingerprint density at radius 1 is 1.33 bits per heavy atom. The standard InChI is InChI=1S/C10H18N2/c1-5-7-9(11-3)10(12-4)8-6-2/h7-8,12H,3,5-6H2,1-2,4H3/b9-7+,10-8+. The molecule has 0 radical (unpaired) electrons. The van der Waals surface area contributed by atoms with E-state index in [0.717, 1.165) is 24.2 Å². The summed E-state index contributed by atoms with van der Waals surface area (Å²) in [6.07, 6.45) is 6.16. The van der Waals surface area contributed by atoms with Crippen LogP contribution in [0.25, 0.3) is 0 Å². The maximum atomic E-state index is 3.95. The number of aliphatic imine (C=N–C) groups is 1. The fourth-order valence-corrected chi connectivity index (χ4v) is 0.992. The molecule has 0 aliphatic carbocycles. The van der Waals surface area contributed by atoms with E-state index in [1.54, 1.807) is 0 Å². The van der Waals surface area contributed by atoms with Gasteiger partial charge in [0.2, 0.25) is 0 Å². The Labute approximate surface area is 75.1 Å². The van der Waals surface area contributed by atoms with E-state index in [9.17, 15) is 0 Å². The number of hydrogen-bond donors (Lipinski definition) is 1. The first-order valence-electron chi connectivity index (χ1n) is 4.35. The highest BCUT2D eigenvalue weighted by Crippen LogP contribution is 2.08. The molecule has 0 fully saturated rings. The number of hydrogen-bond acceptors (Lipinski definition) is 2. The van der Waals surface area contributed by atoms with E-state index in [1.165, 1.54) is 0 Å². The number of nitrogens with zero attached hydrogens (tertiary/aromatic N) is 1. The fourth-order valence-electron chi connectivity index (χ4n) is 0.992. The topological polar surface area (TPSA) is 24.4 Å². The van der Waals surface area contributed by atoms with Crippen LogP contribution in [-0.4, -0.2) is 13.8 Å². The zero-order chi connectivity index (χ0) is 9.40. The molecule has 2 heteroatoms. The highest BCUT2D eigenvalue weighted by Gasteiger charge is 1.97. The second-order valence-corrected chi connectivity index (χ2v) is 2.43. The Balaban J connectivity index is 4.55. The number of likely N-dealkylation sites (N-methyl/N-ethyl adjacent to an activating group) is 1. The summed E-state index contributed by atoms with van der Waals surface area (Å²) in [5.74, 6) is 0. The Morgan fingerprint density at radius 3 is 2.25 bits per heavy atom. The van der Waals surface area contributed by atoms with Crippen LogP contribution in [0.5, 0.6) is 0 Å². The maximum Gasteiger partial charge on any atom is 0.0810 e. The van der Waals surface area contributed by atoms with Gasteiger partial charge in [-0.3, -0.25) is 4.99 Å². The van der Waals surface area contributed by atoms with Crippen molar-refractivity contribution in [2.75, 3.05) is 7.05 Å². The second kappa shape index (κ2) is 6.65. The fraction of sp³-hybridized carbons (Fsp3) is 0.500. The largest absolute Gasteiger partial charge is 0.387 e. The molecular weight excluding hydrogens is 148 g/mol. The van der Waals surface area contributed by atoms with E-state index >= 15 is 0 Å². The van der Waals surface area contributed by atoms with E-state index in [0.29, 0.717) is 0 Å². The molecule has 1 N–H and O–H groups in total. The van der Waals surface area contributed by atoms with Gasteiger partial charge >= 0.3 is 0 Å². The van der Waals surface area contributed by atoms with Gasteiger partial charge in [-0.2, -0.15) is 0 Å². The van der Waals surface area contributed by atoms with Crippen LogP contribution in [0.3, 0.4) is 0 Å². The molecule has 0 bridgehead atoms. The Bertz CT molecular complexity index is 190. The van der Waals surface area contributed by atoms with Crippen LogP contribution in [0, 0.1) is 0 Å². The molecule has 0 amide bonds. The summed E-state index contributed by atoms with van der Waals surface area (Å²) in [5, 5.41) is 3.10. The third-order valence-corrected chi connectivity index (χ3v) is 1.52. The van der Waals surface area contributed by atoms with Crippen LogP contribution in [-0.2, 0) is 0 Å². The van der Waals surface area contributed by atoms with Gasteiger partial charge in [0.1, 0.15) is 0 Å². The normalized spacial score (nSPS) is 12.9. The molecule has 0 unspecified atom stereocenters. The molecule has 12 heavy (non-hydrogen) atoms. The quantitative estimate of drug-likeness (QED) is 0.492. The number of rotatable bonds is 5. The lowest BCUT2D eigenvalue weighted by Crippen LogP contribution is -2.07. The van der Waals surface area contributed by atoms with Gasteiger partial charge in [0.25, 0.3) is 0 Å². The van der Waals surface area contributed by atoms with E-state index in [2.05, 4.69) is 43.0 Å². The number of allylic oxidation sites excluding steroid dienone is 2. The van der Waals surface area contributed by atoms with Gasteiger partial charge in [-0.25, -0.2) is 0 Å². The van der Waals surface area contributed by atoms with Crippen molar-refractivity contribution >= 4 is 6.72 Å². The first-order valence-corrected chi connectivity index (χ1v) is 4.35. The Morgan fingerprint density at radius 2 is 1.92 bits per heavy atom. The average molecular weight is 166 g/mol. The van der Waals surface area contributed by atoms with Crippen molar-refractivity contribution in [3.63, 3.8) is 0 Å². The van der Waals surface area contributed by atoms with Gasteiger partial charge in [0, 0.05) is 7.05 Å². The predicted molar refractivity (Wildman–Crippen MR) is 55.4 cm³/mol. The summed E-state index contributed by atoms with van der Waals surface area (Å²) in [7, 11) is 1.90. The summed E-state index contributed by atoms with van der Waals surface area (Å²) in [4.78, 5) is 3.95. The molecule has 0 saturated heterocycles. The van der Waals surface area contributed by atoms with Crippen molar-refractivity contribution < 1.29 is 0 Å². The second-order valence-electron chi connectivity index (χ2n) is 2.43. The lowest BCUT2D eigenvalue weighted by atomic mass is 10.2. The molecule has 0 aromatic heterocycles. The van der Waals surface area contributed by atoms with E-state index in [-0.39, 0.29) is 0 Å². The van der Waals surface area contributed by atoms with Crippen LogP contribution < -0.4 is 5.32 Å². The minimum Gasteiger partial charge on any atom is -0.387 e. The smallest absolute Gasteiger partial charge is 0.0810 e. The van der Waals surface area contributed by atoms with Crippen molar-refractivity contribution in [2.45, 2.75) is 26.7 Å². The highest BCUT2D eigenvalue weighted by molar-refractivity contribution is 5.37. The molecule has 0 aromatic rings. The predicted octanol–water partition coefficient (Wildman–Crippen LogP) is 2.49. The van der Waals surface area contributed by atoms with Gasteiger partial charge in [0.05, 0.1) is 11.4 Å². The van der Waals surface area contributed by atoms with Crippen molar-refractivity contribution in [3.05, 3.63) is 23.5 Å². The van der Waals surface area contributed by atoms with Crippen molar-refractivity contribution in [1.29, 1.82) is 0 Å². The summed E-state index contributed by atoms with van der Waals surface area (Å²) in [5.41, 5.74) is 2.01. The minimum atomic E-state index is 0.946. The van der Waals surface area contributed by atoms with Crippen molar-refractivity contribution in [1.82, 2.24) is 5.32 Å². The molecule has 0 atom stereocenters. The van der Waals surface area contributed by atoms with Crippen molar-refractivity contribution in [3.8, 4) is 0 Å². The average Bonchev–Trinajstić information content (AvgIpc) is 2.11. The monoisotopic (exact) mass is 166 g/mol. The van der Waals surface area contributed by atoms with Gasteiger partial charge in [0.15, 0.2) is 0 Å². The third kappa shape index (κ3) is 3.37. The maximum absolute atomic E-state index is 3.95.